The third kappa shape index (κ3) is 4.54. The first-order chi connectivity index (χ1) is 12.1. The van der Waals surface area contributed by atoms with Crippen LogP contribution in [0.25, 0.3) is 0 Å². The molecule has 1 atom stereocenters. The van der Waals surface area contributed by atoms with E-state index in [2.05, 4.69) is 5.32 Å². The molecule has 26 heavy (non-hydrogen) atoms. The summed E-state index contributed by atoms with van der Waals surface area (Å²) in [7, 11) is 0. The molecule has 0 bridgehead atoms. The largest absolute Gasteiger partial charge is 0.449 e. The van der Waals surface area contributed by atoms with Crippen molar-refractivity contribution >= 4 is 40.8 Å². The molecule has 0 aliphatic rings. The maximum absolute atomic E-state index is 13.5. The van der Waals surface area contributed by atoms with Gasteiger partial charge in [0.1, 0.15) is 5.82 Å². The van der Waals surface area contributed by atoms with Gasteiger partial charge in [0.25, 0.3) is 5.91 Å². The summed E-state index contributed by atoms with van der Waals surface area (Å²) in [5, 5.41) is 2.49. The lowest BCUT2D eigenvalue weighted by atomic mass is 10.0. The fraction of sp³-hybridized carbons (Fsp3) is 0.263. The molecule has 1 amide bonds. The fourth-order valence-electron chi connectivity index (χ4n) is 2.56. The van der Waals surface area contributed by atoms with Crippen molar-refractivity contribution in [2.75, 3.05) is 5.32 Å². The number of ether oxygens (including phenoxy) is 1. The molecular weight excluding hydrogens is 380 g/mol. The number of nitrogens with one attached hydrogen (secondary N) is 1. The van der Waals surface area contributed by atoms with Gasteiger partial charge in [-0.1, -0.05) is 40.9 Å². The first-order valence-electron chi connectivity index (χ1n) is 7.84. The molecule has 0 aliphatic carbocycles. The predicted molar refractivity (Wildman–Crippen MR) is 101 cm³/mol. The fourth-order valence-corrected chi connectivity index (χ4v) is 3.02. The minimum Gasteiger partial charge on any atom is -0.449 e. The zero-order valence-electron chi connectivity index (χ0n) is 14.7. The highest BCUT2D eigenvalue weighted by molar-refractivity contribution is 6.36. The number of carbonyl (C=O) groups excluding carboxylic acids is 2. The molecule has 0 spiro atoms. The van der Waals surface area contributed by atoms with E-state index in [0.717, 1.165) is 28.8 Å². The molecule has 2 aromatic carbocycles. The monoisotopic (exact) mass is 397 g/mol. The van der Waals surface area contributed by atoms with Crippen LogP contribution in [-0.2, 0) is 9.53 Å². The number of rotatable bonds is 4. The summed E-state index contributed by atoms with van der Waals surface area (Å²) in [4.78, 5) is 24.5. The van der Waals surface area contributed by atoms with Gasteiger partial charge in [0, 0.05) is 5.69 Å². The van der Waals surface area contributed by atoms with Crippen LogP contribution in [-0.4, -0.2) is 18.0 Å². The number of hydrogen-bond donors (Lipinski definition) is 1. The van der Waals surface area contributed by atoms with Crippen LogP contribution in [0.5, 0.6) is 0 Å². The summed E-state index contributed by atoms with van der Waals surface area (Å²) in [5.41, 5.74) is 3.35. The lowest BCUT2D eigenvalue weighted by Gasteiger charge is -2.17. The summed E-state index contributed by atoms with van der Waals surface area (Å²) in [5.74, 6) is -2.21. The van der Waals surface area contributed by atoms with Crippen LogP contribution in [0.3, 0.4) is 0 Å². The normalized spacial score (nSPS) is 11.8. The lowest BCUT2D eigenvalue weighted by molar-refractivity contribution is -0.123. The first kappa shape index (κ1) is 20.2. The second-order valence-corrected chi connectivity index (χ2v) is 6.87. The number of carbonyl (C=O) groups is 2. The number of aryl methyl sites for hydroxylation is 3. The standard InChI is InChI=1S/C19H18Cl2FNO3/c1-9-5-10(2)17(11(3)6-9)23-18(24)12(4)26-19(25)13-7-16(22)15(21)8-14(13)20/h5-8,12H,1-4H3,(H,23,24)/t12-/m1/s1. The molecule has 0 saturated heterocycles. The van der Waals surface area contributed by atoms with Crippen LogP contribution in [0.4, 0.5) is 10.1 Å². The van der Waals surface area contributed by atoms with Gasteiger partial charge in [-0.2, -0.15) is 0 Å². The van der Waals surface area contributed by atoms with E-state index < -0.39 is 23.8 Å². The molecule has 1 N–H and O–H groups in total. The molecule has 0 saturated carbocycles. The summed E-state index contributed by atoms with van der Waals surface area (Å²) >= 11 is 11.5. The summed E-state index contributed by atoms with van der Waals surface area (Å²) in [6, 6.07) is 5.87. The number of hydrogen-bond acceptors (Lipinski definition) is 3. The zero-order valence-corrected chi connectivity index (χ0v) is 16.3. The van der Waals surface area contributed by atoms with Gasteiger partial charge in [-0.05, 0) is 51.0 Å². The van der Waals surface area contributed by atoms with E-state index in [1.807, 2.05) is 32.9 Å². The van der Waals surface area contributed by atoms with E-state index in [0.29, 0.717) is 5.69 Å². The molecule has 2 rings (SSSR count). The molecule has 0 unspecified atom stereocenters. The van der Waals surface area contributed by atoms with Gasteiger partial charge in [-0.25, -0.2) is 9.18 Å². The third-order valence-corrected chi connectivity index (χ3v) is 4.41. The second kappa shape index (κ2) is 8.06. The Balaban J connectivity index is 2.12. The van der Waals surface area contributed by atoms with Gasteiger partial charge in [0.05, 0.1) is 15.6 Å². The van der Waals surface area contributed by atoms with E-state index in [1.165, 1.54) is 6.92 Å². The SMILES string of the molecule is Cc1cc(C)c(NC(=O)[C@@H](C)OC(=O)c2cc(F)c(Cl)cc2Cl)c(C)c1. The minimum absolute atomic E-state index is 0.0563. The molecule has 7 heteroatoms. The Bertz CT molecular complexity index is 860. The number of halogens is 3. The maximum atomic E-state index is 13.5. The minimum atomic E-state index is -1.10. The van der Waals surface area contributed by atoms with Crippen molar-refractivity contribution in [3.8, 4) is 0 Å². The number of anilines is 1. The molecule has 0 radical (unpaired) electrons. The molecule has 0 fully saturated rings. The third-order valence-electron chi connectivity index (χ3n) is 3.81. The summed E-state index contributed by atoms with van der Waals surface area (Å²) in [6.45, 7) is 7.14. The zero-order chi connectivity index (χ0) is 19.6. The van der Waals surface area contributed by atoms with Crippen molar-refractivity contribution in [2.45, 2.75) is 33.8 Å². The van der Waals surface area contributed by atoms with Crippen LogP contribution in [0.1, 0.15) is 34.0 Å². The lowest BCUT2D eigenvalue weighted by Crippen LogP contribution is -2.30. The number of esters is 1. The van der Waals surface area contributed by atoms with E-state index in [1.54, 1.807) is 0 Å². The van der Waals surface area contributed by atoms with E-state index in [9.17, 15) is 14.0 Å². The van der Waals surface area contributed by atoms with E-state index in [-0.39, 0.29) is 15.6 Å². The quantitative estimate of drug-likeness (QED) is 0.566. The average Bonchev–Trinajstić information content (AvgIpc) is 2.53. The van der Waals surface area contributed by atoms with Crippen LogP contribution in [0.15, 0.2) is 24.3 Å². The van der Waals surface area contributed by atoms with Gasteiger partial charge in [-0.3, -0.25) is 4.79 Å². The van der Waals surface area contributed by atoms with Gasteiger partial charge >= 0.3 is 5.97 Å². The van der Waals surface area contributed by atoms with Crippen molar-refractivity contribution in [1.82, 2.24) is 0 Å². The highest BCUT2D eigenvalue weighted by Gasteiger charge is 2.22. The van der Waals surface area contributed by atoms with E-state index >= 15 is 0 Å². The Kier molecular flexibility index (Phi) is 6.26. The Morgan fingerprint density at radius 3 is 2.19 bits per heavy atom. The number of amides is 1. The van der Waals surface area contributed by atoms with Gasteiger partial charge in [-0.15, -0.1) is 0 Å². The van der Waals surface area contributed by atoms with Gasteiger partial charge in [0.15, 0.2) is 6.10 Å². The van der Waals surface area contributed by atoms with Crippen LogP contribution < -0.4 is 5.32 Å². The van der Waals surface area contributed by atoms with Crippen molar-refractivity contribution in [1.29, 1.82) is 0 Å². The maximum Gasteiger partial charge on any atom is 0.340 e. The molecular formula is C19H18Cl2FNO3. The molecule has 0 heterocycles. The first-order valence-corrected chi connectivity index (χ1v) is 8.60. The van der Waals surface area contributed by atoms with Gasteiger partial charge < -0.3 is 10.1 Å². The summed E-state index contributed by atoms with van der Waals surface area (Å²) in [6.07, 6.45) is -1.10. The average molecular weight is 398 g/mol. The topological polar surface area (TPSA) is 55.4 Å². The van der Waals surface area contributed by atoms with Crippen LogP contribution in [0.2, 0.25) is 10.0 Å². The van der Waals surface area contributed by atoms with E-state index in [4.69, 9.17) is 27.9 Å². The molecule has 4 nitrogen and oxygen atoms in total. The Hall–Kier alpha value is -2.11. The molecule has 0 aliphatic heterocycles. The Labute approximate surface area is 161 Å². The Morgan fingerprint density at radius 2 is 1.62 bits per heavy atom. The molecule has 0 aromatic heterocycles. The van der Waals surface area contributed by atoms with Crippen molar-refractivity contribution < 1.29 is 18.7 Å². The van der Waals surface area contributed by atoms with Crippen molar-refractivity contribution in [3.63, 3.8) is 0 Å². The second-order valence-electron chi connectivity index (χ2n) is 6.06. The van der Waals surface area contributed by atoms with Crippen LogP contribution in [0, 0.1) is 26.6 Å². The van der Waals surface area contributed by atoms with Crippen molar-refractivity contribution in [3.05, 3.63) is 62.4 Å². The highest BCUT2D eigenvalue weighted by Crippen LogP contribution is 2.26. The number of benzene rings is 2. The predicted octanol–water partition coefficient (Wildman–Crippen LogP) is 5.24. The van der Waals surface area contributed by atoms with Crippen LogP contribution >= 0.6 is 23.2 Å². The molecule has 2 aromatic rings. The van der Waals surface area contributed by atoms with Crippen molar-refractivity contribution in [2.24, 2.45) is 0 Å². The summed E-state index contributed by atoms with van der Waals surface area (Å²) < 4.78 is 18.7. The Morgan fingerprint density at radius 1 is 1.04 bits per heavy atom. The smallest absolute Gasteiger partial charge is 0.340 e. The molecule has 138 valence electrons. The van der Waals surface area contributed by atoms with Gasteiger partial charge in [0.2, 0.25) is 0 Å². The highest BCUT2D eigenvalue weighted by atomic mass is 35.5.